The predicted molar refractivity (Wildman–Crippen MR) is 164 cm³/mol. The number of nitrogens with one attached hydrogen (secondary N) is 3. The first-order chi connectivity index (χ1) is 21.1. The maximum Gasteiger partial charge on any atom is 0.446 e. The molecule has 1 spiro atoms. The average molecular weight is 628 g/mol. The lowest BCUT2D eigenvalue weighted by Crippen LogP contribution is -2.61. The third-order valence-electron chi connectivity index (χ3n) is 9.65. The van der Waals surface area contributed by atoms with Gasteiger partial charge in [-0.15, -0.1) is 0 Å². The lowest BCUT2D eigenvalue weighted by atomic mass is 9.39. The van der Waals surface area contributed by atoms with Crippen molar-refractivity contribution in [2.24, 2.45) is 23.2 Å². The standard InChI is InChI=1S/C32H36F3N5O3S/c1-36-30(42)19-8-11-24(27(15-19)43-2)37-13-4-5-25-29(44-32(33,34)35)26-6-3-7-28(40(26)39-25)38-23-10-9-20-16-31(17-21(23)18-31)22(20)12-14-41/h3,6-8,11,15,20-23,37-38,41H,9-10,12-14,16-18H2,1-2H3,(H,36,42)/t20-,21?,22?,23-,31?/m1/s1. The zero-order chi connectivity index (χ0) is 31.1. The summed E-state index contributed by atoms with van der Waals surface area (Å²) in [5.41, 5.74) is -2.70. The number of rotatable bonds is 9. The van der Waals surface area contributed by atoms with E-state index in [2.05, 4.69) is 32.9 Å². The van der Waals surface area contributed by atoms with Crippen molar-refractivity contribution in [3.63, 3.8) is 0 Å². The molecule has 3 aromatic rings. The number of thioether (sulfide) groups is 1. The number of benzene rings is 1. The van der Waals surface area contributed by atoms with Crippen LogP contribution in [0.3, 0.4) is 0 Å². The van der Waals surface area contributed by atoms with E-state index in [-0.39, 0.29) is 47.5 Å². The molecule has 4 N–H and O–H groups in total. The molecule has 5 aliphatic rings. The highest BCUT2D eigenvalue weighted by Crippen LogP contribution is 2.69. The summed E-state index contributed by atoms with van der Waals surface area (Å²) in [5.74, 6) is 8.37. The van der Waals surface area contributed by atoms with Crippen LogP contribution < -0.4 is 20.7 Å². The number of pyridine rings is 1. The van der Waals surface area contributed by atoms with Crippen molar-refractivity contribution in [3.8, 4) is 17.6 Å². The first kappa shape index (κ1) is 30.5. The molecule has 3 bridgehead atoms. The first-order valence-corrected chi connectivity index (χ1v) is 15.7. The second-order valence-corrected chi connectivity index (χ2v) is 13.1. The van der Waals surface area contributed by atoms with Crippen molar-refractivity contribution in [2.45, 2.75) is 55.0 Å². The molecule has 8 nitrogen and oxygen atoms in total. The molecule has 8 rings (SSSR count). The number of alkyl halides is 3. The number of anilines is 2. The van der Waals surface area contributed by atoms with E-state index in [0.717, 1.165) is 32.1 Å². The maximum absolute atomic E-state index is 13.7. The summed E-state index contributed by atoms with van der Waals surface area (Å²) >= 11 is -0.203. The van der Waals surface area contributed by atoms with Crippen molar-refractivity contribution < 1.29 is 27.8 Å². The maximum atomic E-state index is 13.7. The highest BCUT2D eigenvalue weighted by molar-refractivity contribution is 8.00. The van der Waals surface area contributed by atoms with Gasteiger partial charge in [-0.25, -0.2) is 4.52 Å². The van der Waals surface area contributed by atoms with Gasteiger partial charge < -0.3 is 25.8 Å². The Labute approximate surface area is 258 Å². The Bertz CT molecular complexity index is 1610. The molecular weight excluding hydrogens is 591 g/mol. The van der Waals surface area contributed by atoms with Crippen molar-refractivity contribution in [1.29, 1.82) is 0 Å². The predicted octanol–water partition coefficient (Wildman–Crippen LogP) is 5.77. The van der Waals surface area contributed by atoms with E-state index in [1.165, 1.54) is 20.6 Å². The van der Waals surface area contributed by atoms with Crippen LogP contribution in [0.1, 0.15) is 54.6 Å². The molecule has 0 aliphatic heterocycles. The van der Waals surface area contributed by atoms with Gasteiger partial charge in [0.05, 0.1) is 29.8 Å². The molecule has 12 heteroatoms. The lowest BCUT2D eigenvalue weighted by Gasteiger charge is -2.67. The van der Waals surface area contributed by atoms with Gasteiger partial charge in [0.15, 0.2) is 0 Å². The third-order valence-corrected chi connectivity index (χ3v) is 10.5. The van der Waals surface area contributed by atoms with Gasteiger partial charge in [0.1, 0.15) is 17.3 Å². The molecule has 2 aromatic heterocycles. The second-order valence-electron chi connectivity index (χ2n) is 12.0. The number of hydrogen-bond donors (Lipinski definition) is 4. The van der Waals surface area contributed by atoms with Gasteiger partial charge in [-0.05, 0) is 110 Å². The lowest BCUT2D eigenvalue weighted by molar-refractivity contribution is -0.165. The topological polar surface area (TPSA) is 99.9 Å². The minimum absolute atomic E-state index is 0.0329. The summed E-state index contributed by atoms with van der Waals surface area (Å²) < 4.78 is 47.9. The second kappa shape index (κ2) is 12.1. The Kier molecular flexibility index (Phi) is 8.37. The minimum atomic E-state index is -4.51. The number of fused-ring (bicyclic) bond motifs is 1. The normalized spacial score (nSPS) is 25.4. The minimum Gasteiger partial charge on any atom is -0.495 e. The van der Waals surface area contributed by atoms with Gasteiger partial charge in [-0.1, -0.05) is 12.0 Å². The summed E-state index contributed by atoms with van der Waals surface area (Å²) in [6, 6.07) is 10.4. The Morgan fingerprint density at radius 2 is 2.00 bits per heavy atom. The molecule has 0 saturated heterocycles. The van der Waals surface area contributed by atoms with Gasteiger partial charge in [0.2, 0.25) is 0 Å². The molecule has 5 fully saturated rings. The average Bonchev–Trinajstić information content (AvgIpc) is 3.30. The van der Waals surface area contributed by atoms with Crippen molar-refractivity contribution in [3.05, 3.63) is 47.7 Å². The van der Waals surface area contributed by atoms with Crippen molar-refractivity contribution in [1.82, 2.24) is 14.9 Å². The Morgan fingerprint density at radius 3 is 2.73 bits per heavy atom. The number of nitrogens with zero attached hydrogens (tertiary/aromatic N) is 2. The number of hydrogen-bond acceptors (Lipinski definition) is 7. The highest BCUT2D eigenvalue weighted by atomic mass is 32.2. The van der Waals surface area contributed by atoms with Crippen LogP contribution in [0.2, 0.25) is 0 Å². The van der Waals surface area contributed by atoms with Crippen LogP contribution in [-0.4, -0.2) is 59.5 Å². The van der Waals surface area contributed by atoms with Crippen LogP contribution in [0, 0.1) is 35.0 Å². The van der Waals surface area contributed by atoms with Gasteiger partial charge >= 0.3 is 5.51 Å². The molecule has 2 heterocycles. The number of amides is 1. The summed E-state index contributed by atoms with van der Waals surface area (Å²) in [6.45, 7) is 0.366. The quantitative estimate of drug-likeness (QED) is 0.177. The van der Waals surface area contributed by atoms with E-state index in [0.29, 0.717) is 51.5 Å². The molecule has 1 amide bonds. The number of halogens is 3. The molecule has 1 aromatic carbocycles. The number of aliphatic hydroxyl groups is 1. The van der Waals surface area contributed by atoms with Crippen molar-refractivity contribution in [2.75, 3.05) is 37.9 Å². The zero-order valence-electron chi connectivity index (χ0n) is 24.6. The van der Waals surface area contributed by atoms with Crippen molar-refractivity contribution >= 4 is 34.7 Å². The van der Waals surface area contributed by atoms with E-state index in [9.17, 15) is 23.1 Å². The fourth-order valence-electron chi connectivity index (χ4n) is 7.73. The third kappa shape index (κ3) is 5.79. The molecular formula is C32H36F3N5O3S. The number of aromatic nitrogens is 2. The number of aliphatic hydroxyl groups excluding tert-OH is 1. The van der Waals surface area contributed by atoms with Gasteiger partial charge in [-0.3, -0.25) is 4.79 Å². The largest absolute Gasteiger partial charge is 0.495 e. The zero-order valence-corrected chi connectivity index (χ0v) is 25.4. The SMILES string of the molecule is CNC(=O)c1ccc(NCC#Cc2nn3c(N[C@@H]4CC[C@@H]5CC6(CC4C6)C5CCO)cccc3c2SC(F)(F)F)c(OC)c1. The fourth-order valence-corrected chi connectivity index (χ4v) is 8.41. The van der Waals surface area contributed by atoms with E-state index >= 15 is 0 Å². The summed E-state index contributed by atoms with van der Waals surface area (Å²) in [4.78, 5) is 11.9. The van der Waals surface area contributed by atoms with Gasteiger partial charge in [-0.2, -0.15) is 18.3 Å². The van der Waals surface area contributed by atoms with Gasteiger partial charge in [0, 0.05) is 25.3 Å². The van der Waals surface area contributed by atoms with Gasteiger partial charge in [0.25, 0.3) is 5.91 Å². The summed E-state index contributed by atoms with van der Waals surface area (Å²) in [7, 11) is 3.03. The summed E-state index contributed by atoms with van der Waals surface area (Å²) in [5, 5.41) is 23.4. The van der Waals surface area contributed by atoms with E-state index < -0.39 is 5.51 Å². The van der Waals surface area contributed by atoms with E-state index in [1.807, 2.05) is 6.07 Å². The summed E-state index contributed by atoms with van der Waals surface area (Å²) in [6.07, 6.45) is 6.50. The fraction of sp³-hybridized carbons (Fsp3) is 0.500. The highest BCUT2D eigenvalue weighted by Gasteiger charge is 2.61. The van der Waals surface area contributed by atoms with Crippen LogP contribution in [0.15, 0.2) is 41.3 Å². The van der Waals surface area contributed by atoms with Crippen LogP contribution in [0.25, 0.3) is 5.52 Å². The van der Waals surface area contributed by atoms with E-state index in [1.54, 1.807) is 34.8 Å². The molecule has 44 heavy (non-hydrogen) atoms. The van der Waals surface area contributed by atoms with Crippen LogP contribution in [0.5, 0.6) is 5.75 Å². The molecule has 3 atom stereocenters. The number of ether oxygens (including phenoxy) is 1. The molecule has 0 radical (unpaired) electrons. The number of carbonyl (C=O) groups excluding carboxylic acids is 1. The molecule has 1 unspecified atom stereocenters. The first-order valence-electron chi connectivity index (χ1n) is 14.9. The smallest absolute Gasteiger partial charge is 0.446 e. The number of carbonyl (C=O) groups is 1. The van der Waals surface area contributed by atoms with Crippen LogP contribution >= 0.6 is 11.8 Å². The Hall–Kier alpha value is -3.56. The molecule has 5 saturated carbocycles. The van der Waals surface area contributed by atoms with Crippen LogP contribution in [0.4, 0.5) is 24.7 Å². The molecule has 5 aliphatic carbocycles. The van der Waals surface area contributed by atoms with Crippen LogP contribution in [-0.2, 0) is 0 Å². The Morgan fingerprint density at radius 1 is 1.20 bits per heavy atom. The number of methoxy groups -OCH3 is 1. The molecule has 234 valence electrons. The van der Waals surface area contributed by atoms with E-state index in [4.69, 9.17) is 4.74 Å². The Balaban J connectivity index is 1.22. The monoisotopic (exact) mass is 627 g/mol.